The van der Waals surface area contributed by atoms with Gasteiger partial charge in [0, 0.05) is 0 Å². The summed E-state index contributed by atoms with van der Waals surface area (Å²) < 4.78 is 0. The Morgan fingerprint density at radius 3 is 2.42 bits per heavy atom. The van der Waals surface area contributed by atoms with Crippen LogP contribution in [0.4, 0.5) is 0 Å². The van der Waals surface area contributed by atoms with Gasteiger partial charge in [0.2, 0.25) is 0 Å². The van der Waals surface area contributed by atoms with Crippen LogP contribution in [0.5, 0.6) is 0 Å². The molecule has 2 heteroatoms. The number of hydrogen-bond acceptors (Lipinski definition) is 1. The fourth-order valence-electron chi connectivity index (χ4n) is 2.25. The first-order valence-corrected chi connectivity index (χ1v) is 6.95. The molecule has 0 radical (unpaired) electrons. The molecule has 0 heterocycles. The standard InChI is InChI=1S/C15H18O2.C2H6/c1-10-4-5-12-9-13(7-6-11(12)8-10)15(2,3)14(16)17;1-2/h4-5,8-9H,6-7H2,1-3H3,(H,16,17);1-2H3. The Bertz CT molecular complexity index is 496. The Balaban J connectivity index is 0.000000861. The van der Waals surface area contributed by atoms with Gasteiger partial charge in [-0.15, -0.1) is 0 Å². The topological polar surface area (TPSA) is 37.3 Å². The van der Waals surface area contributed by atoms with Crippen LogP contribution in [-0.4, -0.2) is 11.1 Å². The molecule has 2 rings (SSSR count). The monoisotopic (exact) mass is 260 g/mol. The van der Waals surface area contributed by atoms with Gasteiger partial charge in [-0.3, -0.25) is 4.79 Å². The van der Waals surface area contributed by atoms with Gasteiger partial charge in [-0.05, 0) is 44.7 Å². The number of benzene rings is 1. The van der Waals surface area contributed by atoms with Crippen LogP contribution in [0.1, 0.15) is 50.8 Å². The molecule has 0 unspecified atom stereocenters. The molecule has 0 bridgehead atoms. The third kappa shape index (κ3) is 3.25. The number of carboxylic acids is 1. The third-order valence-corrected chi connectivity index (χ3v) is 3.63. The average molecular weight is 260 g/mol. The van der Waals surface area contributed by atoms with Crippen LogP contribution >= 0.6 is 0 Å². The van der Waals surface area contributed by atoms with Crippen molar-refractivity contribution < 1.29 is 9.90 Å². The molecular formula is C17H24O2. The van der Waals surface area contributed by atoms with Crippen molar-refractivity contribution in [2.75, 3.05) is 0 Å². The van der Waals surface area contributed by atoms with Crippen molar-refractivity contribution in [2.24, 2.45) is 5.41 Å². The molecule has 0 spiro atoms. The third-order valence-electron chi connectivity index (χ3n) is 3.63. The maximum absolute atomic E-state index is 11.2. The van der Waals surface area contributed by atoms with E-state index in [1.165, 1.54) is 16.7 Å². The number of carboxylic acid groups (broad SMARTS) is 1. The molecule has 19 heavy (non-hydrogen) atoms. The van der Waals surface area contributed by atoms with E-state index in [0.717, 1.165) is 18.4 Å². The number of aliphatic carboxylic acids is 1. The normalized spacial score (nSPS) is 13.8. The highest BCUT2D eigenvalue weighted by Gasteiger charge is 2.32. The first-order valence-electron chi connectivity index (χ1n) is 6.95. The van der Waals surface area contributed by atoms with E-state index in [-0.39, 0.29) is 0 Å². The molecule has 1 aliphatic rings. The van der Waals surface area contributed by atoms with Gasteiger partial charge in [0.15, 0.2) is 0 Å². The summed E-state index contributed by atoms with van der Waals surface area (Å²) in [5.74, 6) is -0.751. The van der Waals surface area contributed by atoms with Gasteiger partial charge in [0.05, 0.1) is 5.41 Å². The smallest absolute Gasteiger partial charge is 0.313 e. The van der Waals surface area contributed by atoms with Gasteiger partial charge >= 0.3 is 5.97 Å². The highest BCUT2D eigenvalue weighted by Crippen LogP contribution is 2.36. The van der Waals surface area contributed by atoms with Crippen LogP contribution in [0.2, 0.25) is 0 Å². The molecule has 0 amide bonds. The molecule has 0 atom stereocenters. The fraction of sp³-hybridized carbons (Fsp3) is 0.471. The Hall–Kier alpha value is -1.57. The van der Waals surface area contributed by atoms with Crippen LogP contribution in [0.3, 0.4) is 0 Å². The van der Waals surface area contributed by atoms with Gasteiger partial charge in [0.25, 0.3) is 0 Å². The van der Waals surface area contributed by atoms with Gasteiger partial charge in [-0.25, -0.2) is 0 Å². The van der Waals surface area contributed by atoms with Crippen molar-refractivity contribution in [3.63, 3.8) is 0 Å². The second-order valence-corrected chi connectivity index (χ2v) is 5.30. The second-order valence-electron chi connectivity index (χ2n) is 5.30. The van der Waals surface area contributed by atoms with Crippen LogP contribution < -0.4 is 0 Å². The van der Waals surface area contributed by atoms with Crippen molar-refractivity contribution >= 4 is 12.0 Å². The summed E-state index contributed by atoms with van der Waals surface area (Å²) in [6, 6.07) is 6.35. The van der Waals surface area contributed by atoms with E-state index in [4.69, 9.17) is 0 Å². The summed E-state index contributed by atoms with van der Waals surface area (Å²) in [6.07, 6.45) is 3.84. The number of rotatable bonds is 2. The first kappa shape index (κ1) is 15.5. The van der Waals surface area contributed by atoms with Crippen LogP contribution in [-0.2, 0) is 11.2 Å². The van der Waals surface area contributed by atoms with E-state index >= 15 is 0 Å². The van der Waals surface area contributed by atoms with Crippen LogP contribution in [0.15, 0.2) is 23.8 Å². The minimum Gasteiger partial charge on any atom is -0.481 e. The van der Waals surface area contributed by atoms with Gasteiger partial charge in [-0.1, -0.05) is 49.3 Å². The first-order chi connectivity index (χ1) is 8.91. The van der Waals surface area contributed by atoms with E-state index in [1.54, 1.807) is 13.8 Å². The molecule has 0 aromatic heterocycles. The highest BCUT2D eigenvalue weighted by atomic mass is 16.4. The number of carbonyl (C=O) groups is 1. The molecular weight excluding hydrogens is 236 g/mol. The molecule has 104 valence electrons. The Labute approximate surface area is 116 Å². The SMILES string of the molecule is CC.Cc1ccc2c(c1)CCC(C(C)(C)C(=O)O)=C2. The maximum Gasteiger partial charge on any atom is 0.313 e. The van der Waals surface area contributed by atoms with E-state index in [2.05, 4.69) is 25.1 Å². The molecule has 2 nitrogen and oxygen atoms in total. The van der Waals surface area contributed by atoms with Crippen LogP contribution in [0, 0.1) is 12.3 Å². The number of aryl methyl sites for hydroxylation is 2. The molecule has 0 saturated heterocycles. The molecule has 0 aliphatic heterocycles. The Morgan fingerprint density at radius 2 is 1.84 bits per heavy atom. The average Bonchev–Trinajstić information content (AvgIpc) is 2.40. The lowest BCUT2D eigenvalue weighted by atomic mass is 9.77. The zero-order chi connectivity index (χ0) is 14.6. The quantitative estimate of drug-likeness (QED) is 0.852. The van der Waals surface area contributed by atoms with Gasteiger partial charge in [-0.2, -0.15) is 0 Å². The molecule has 1 N–H and O–H groups in total. The predicted molar refractivity (Wildman–Crippen MR) is 80.2 cm³/mol. The highest BCUT2D eigenvalue weighted by molar-refractivity contribution is 5.80. The van der Waals surface area contributed by atoms with E-state index in [1.807, 2.05) is 19.9 Å². The molecule has 0 saturated carbocycles. The van der Waals surface area contributed by atoms with Crippen molar-refractivity contribution in [1.29, 1.82) is 0 Å². The minimum absolute atomic E-state index is 0.751. The molecule has 0 fully saturated rings. The zero-order valence-electron chi connectivity index (χ0n) is 12.6. The zero-order valence-corrected chi connectivity index (χ0v) is 12.6. The Morgan fingerprint density at radius 1 is 1.21 bits per heavy atom. The molecule has 1 aromatic rings. The second kappa shape index (κ2) is 6.05. The van der Waals surface area contributed by atoms with E-state index in [9.17, 15) is 9.90 Å². The summed E-state index contributed by atoms with van der Waals surface area (Å²) in [6.45, 7) is 9.64. The molecule has 1 aliphatic carbocycles. The number of fused-ring (bicyclic) bond motifs is 1. The molecule has 1 aromatic carbocycles. The van der Waals surface area contributed by atoms with Gasteiger partial charge < -0.3 is 5.11 Å². The lowest BCUT2D eigenvalue weighted by Gasteiger charge is -2.27. The Kier molecular flexibility index (Phi) is 4.93. The maximum atomic E-state index is 11.2. The summed E-state index contributed by atoms with van der Waals surface area (Å²) >= 11 is 0. The van der Waals surface area contributed by atoms with Crippen molar-refractivity contribution in [2.45, 2.75) is 47.5 Å². The summed E-state index contributed by atoms with van der Waals surface area (Å²) in [7, 11) is 0. The minimum atomic E-state index is -0.761. The summed E-state index contributed by atoms with van der Waals surface area (Å²) in [5, 5.41) is 9.24. The van der Waals surface area contributed by atoms with Crippen molar-refractivity contribution in [3.8, 4) is 0 Å². The lowest BCUT2D eigenvalue weighted by molar-refractivity contribution is -0.144. The fourth-order valence-corrected chi connectivity index (χ4v) is 2.25. The van der Waals surface area contributed by atoms with E-state index < -0.39 is 11.4 Å². The van der Waals surface area contributed by atoms with Gasteiger partial charge in [0.1, 0.15) is 0 Å². The summed E-state index contributed by atoms with van der Waals surface area (Å²) in [4.78, 5) is 11.2. The van der Waals surface area contributed by atoms with Crippen molar-refractivity contribution in [1.82, 2.24) is 0 Å². The summed E-state index contributed by atoms with van der Waals surface area (Å²) in [5.41, 5.74) is 4.02. The van der Waals surface area contributed by atoms with E-state index in [0.29, 0.717) is 0 Å². The number of hydrogen-bond donors (Lipinski definition) is 1. The largest absolute Gasteiger partial charge is 0.481 e. The predicted octanol–water partition coefficient (Wildman–Crippen LogP) is 4.46. The van der Waals surface area contributed by atoms with Crippen LogP contribution in [0.25, 0.3) is 6.08 Å². The van der Waals surface area contributed by atoms with Crippen molar-refractivity contribution in [3.05, 3.63) is 40.5 Å². The lowest BCUT2D eigenvalue weighted by Crippen LogP contribution is -2.27.